The number of hydrogen-bond acceptors (Lipinski definition) is 2. The predicted octanol–water partition coefficient (Wildman–Crippen LogP) is 2.17. The van der Waals surface area contributed by atoms with Crippen LogP contribution in [0.1, 0.15) is 30.9 Å². The molecule has 0 bridgehead atoms. The molecule has 0 fully saturated rings. The van der Waals surface area contributed by atoms with E-state index in [4.69, 9.17) is 5.26 Å². The summed E-state index contributed by atoms with van der Waals surface area (Å²) in [6, 6.07) is 10.00. The Morgan fingerprint density at radius 3 is 2.50 bits per heavy atom. The summed E-state index contributed by atoms with van der Waals surface area (Å²) in [6.07, 6.45) is 2.15. The summed E-state index contributed by atoms with van der Waals surface area (Å²) in [7, 11) is 0. The lowest BCUT2D eigenvalue weighted by Crippen LogP contribution is -2.21. The molecule has 84 valence electrons. The van der Waals surface area contributed by atoms with Crippen LogP contribution in [0.25, 0.3) is 0 Å². The Morgan fingerprint density at radius 1 is 1.31 bits per heavy atom. The van der Waals surface area contributed by atoms with Crippen LogP contribution < -0.4 is 5.32 Å². The standard InChI is InChI=1S/C13H16N2O/c1-2-3-11-4-6-12(7-5-11)10-15-13(16)8-9-14/h4-7H,2-3,8,10H2,1H3,(H,15,16). The predicted molar refractivity (Wildman–Crippen MR) is 62.5 cm³/mol. The first-order valence-electron chi connectivity index (χ1n) is 5.47. The van der Waals surface area contributed by atoms with Gasteiger partial charge in [0.15, 0.2) is 0 Å². The van der Waals surface area contributed by atoms with Gasteiger partial charge in [-0.2, -0.15) is 5.26 Å². The molecule has 0 unspecified atom stereocenters. The highest BCUT2D eigenvalue weighted by molar-refractivity contribution is 5.77. The number of carbonyl (C=O) groups excluding carboxylic acids is 1. The van der Waals surface area contributed by atoms with Crippen molar-refractivity contribution >= 4 is 5.91 Å². The van der Waals surface area contributed by atoms with Crippen molar-refractivity contribution in [2.75, 3.05) is 0 Å². The van der Waals surface area contributed by atoms with Crippen LogP contribution in [-0.4, -0.2) is 5.91 Å². The molecule has 3 nitrogen and oxygen atoms in total. The minimum absolute atomic E-state index is 0.0755. The number of hydrogen-bond donors (Lipinski definition) is 1. The van der Waals surface area contributed by atoms with Gasteiger partial charge in [-0.05, 0) is 17.5 Å². The van der Waals surface area contributed by atoms with Crippen molar-refractivity contribution in [3.63, 3.8) is 0 Å². The third-order valence-corrected chi connectivity index (χ3v) is 2.29. The minimum atomic E-state index is -0.222. The Kier molecular flexibility index (Phi) is 5.07. The Hall–Kier alpha value is -1.82. The van der Waals surface area contributed by atoms with Gasteiger partial charge in [0.25, 0.3) is 0 Å². The highest BCUT2D eigenvalue weighted by Crippen LogP contribution is 2.06. The second-order valence-electron chi connectivity index (χ2n) is 3.68. The molecule has 3 heteroatoms. The van der Waals surface area contributed by atoms with Gasteiger partial charge in [0.2, 0.25) is 5.91 Å². The smallest absolute Gasteiger partial charge is 0.234 e. The van der Waals surface area contributed by atoms with E-state index in [1.54, 1.807) is 0 Å². The Morgan fingerprint density at radius 2 is 1.94 bits per heavy atom. The summed E-state index contributed by atoms with van der Waals surface area (Å²) in [5.41, 5.74) is 2.38. The zero-order valence-electron chi connectivity index (χ0n) is 9.49. The van der Waals surface area contributed by atoms with Gasteiger partial charge in [-0.1, -0.05) is 37.6 Å². The average molecular weight is 216 g/mol. The van der Waals surface area contributed by atoms with Crippen molar-refractivity contribution in [1.82, 2.24) is 5.32 Å². The van der Waals surface area contributed by atoms with Crippen LogP contribution in [0.3, 0.4) is 0 Å². The molecule has 0 saturated carbocycles. The van der Waals surface area contributed by atoms with Gasteiger partial charge in [-0.3, -0.25) is 4.79 Å². The van der Waals surface area contributed by atoms with Gasteiger partial charge in [0, 0.05) is 6.54 Å². The second kappa shape index (κ2) is 6.62. The molecule has 1 aromatic carbocycles. The molecule has 0 aromatic heterocycles. The summed E-state index contributed by atoms with van der Waals surface area (Å²) >= 11 is 0. The largest absolute Gasteiger partial charge is 0.351 e. The first-order chi connectivity index (χ1) is 7.76. The highest BCUT2D eigenvalue weighted by Gasteiger charge is 1.99. The molecule has 0 aliphatic rings. The van der Waals surface area contributed by atoms with Gasteiger partial charge in [-0.25, -0.2) is 0 Å². The molecule has 0 radical (unpaired) electrons. The number of benzene rings is 1. The molecule has 1 aromatic rings. The molecule has 0 saturated heterocycles. The van der Waals surface area contributed by atoms with Gasteiger partial charge < -0.3 is 5.32 Å². The molecule has 0 heterocycles. The Balaban J connectivity index is 2.43. The van der Waals surface area contributed by atoms with Crippen LogP contribution in [0.15, 0.2) is 24.3 Å². The van der Waals surface area contributed by atoms with E-state index in [-0.39, 0.29) is 12.3 Å². The number of nitriles is 1. The van der Waals surface area contributed by atoms with Crippen molar-refractivity contribution in [2.24, 2.45) is 0 Å². The fourth-order valence-corrected chi connectivity index (χ4v) is 1.45. The van der Waals surface area contributed by atoms with E-state index in [1.165, 1.54) is 5.56 Å². The van der Waals surface area contributed by atoms with Crippen LogP contribution in [0.4, 0.5) is 0 Å². The van der Waals surface area contributed by atoms with Gasteiger partial charge in [0.05, 0.1) is 6.07 Å². The lowest BCUT2D eigenvalue weighted by molar-refractivity contribution is -0.120. The van der Waals surface area contributed by atoms with Crippen molar-refractivity contribution in [1.29, 1.82) is 5.26 Å². The van der Waals surface area contributed by atoms with Crippen molar-refractivity contribution in [3.05, 3.63) is 35.4 Å². The normalized spacial score (nSPS) is 9.50. The molecular weight excluding hydrogens is 200 g/mol. The highest BCUT2D eigenvalue weighted by atomic mass is 16.1. The number of amides is 1. The van der Waals surface area contributed by atoms with E-state index in [1.807, 2.05) is 18.2 Å². The SMILES string of the molecule is CCCc1ccc(CNC(=O)CC#N)cc1. The summed E-state index contributed by atoms with van der Waals surface area (Å²) in [6.45, 7) is 2.64. The third kappa shape index (κ3) is 4.14. The molecule has 16 heavy (non-hydrogen) atoms. The summed E-state index contributed by atoms with van der Waals surface area (Å²) in [5, 5.41) is 11.0. The number of carbonyl (C=O) groups is 1. The van der Waals surface area contributed by atoms with E-state index in [0.717, 1.165) is 18.4 Å². The van der Waals surface area contributed by atoms with Crippen LogP contribution in [0.5, 0.6) is 0 Å². The quantitative estimate of drug-likeness (QED) is 0.820. The first-order valence-corrected chi connectivity index (χ1v) is 5.47. The van der Waals surface area contributed by atoms with Crippen molar-refractivity contribution in [3.8, 4) is 6.07 Å². The summed E-state index contributed by atoms with van der Waals surface area (Å²) in [5.74, 6) is -0.222. The lowest BCUT2D eigenvalue weighted by Gasteiger charge is -2.04. The van der Waals surface area contributed by atoms with Crippen LogP contribution >= 0.6 is 0 Å². The zero-order valence-corrected chi connectivity index (χ0v) is 9.49. The van der Waals surface area contributed by atoms with E-state index < -0.39 is 0 Å². The maximum atomic E-state index is 11.1. The molecular formula is C13H16N2O. The van der Waals surface area contributed by atoms with E-state index >= 15 is 0 Å². The number of rotatable bonds is 5. The number of aryl methyl sites for hydroxylation is 1. The molecule has 0 atom stereocenters. The molecule has 1 N–H and O–H groups in total. The van der Waals surface area contributed by atoms with E-state index in [0.29, 0.717) is 6.54 Å². The second-order valence-corrected chi connectivity index (χ2v) is 3.68. The Labute approximate surface area is 96.1 Å². The van der Waals surface area contributed by atoms with Crippen LogP contribution in [-0.2, 0) is 17.8 Å². The zero-order chi connectivity index (χ0) is 11.8. The summed E-state index contributed by atoms with van der Waals surface area (Å²) < 4.78 is 0. The lowest BCUT2D eigenvalue weighted by atomic mass is 10.1. The van der Waals surface area contributed by atoms with E-state index in [9.17, 15) is 4.79 Å². The molecule has 0 aliphatic carbocycles. The molecule has 1 rings (SSSR count). The van der Waals surface area contributed by atoms with Gasteiger partial charge in [-0.15, -0.1) is 0 Å². The molecule has 0 aliphatic heterocycles. The summed E-state index contributed by atoms with van der Waals surface area (Å²) in [4.78, 5) is 11.1. The average Bonchev–Trinajstić information content (AvgIpc) is 2.29. The first kappa shape index (κ1) is 12.3. The maximum Gasteiger partial charge on any atom is 0.234 e. The monoisotopic (exact) mass is 216 g/mol. The fourth-order valence-electron chi connectivity index (χ4n) is 1.45. The molecule has 0 spiro atoms. The maximum absolute atomic E-state index is 11.1. The van der Waals surface area contributed by atoms with Crippen molar-refractivity contribution in [2.45, 2.75) is 32.7 Å². The minimum Gasteiger partial charge on any atom is -0.351 e. The van der Waals surface area contributed by atoms with Crippen LogP contribution in [0, 0.1) is 11.3 Å². The van der Waals surface area contributed by atoms with Gasteiger partial charge >= 0.3 is 0 Å². The number of nitrogens with zero attached hydrogens (tertiary/aromatic N) is 1. The van der Waals surface area contributed by atoms with Gasteiger partial charge in [0.1, 0.15) is 6.42 Å². The van der Waals surface area contributed by atoms with Crippen molar-refractivity contribution < 1.29 is 4.79 Å². The van der Waals surface area contributed by atoms with E-state index in [2.05, 4.69) is 24.4 Å². The third-order valence-electron chi connectivity index (χ3n) is 2.29. The molecule has 1 amide bonds. The van der Waals surface area contributed by atoms with Crippen LogP contribution in [0.2, 0.25) is 0 Å². The number of nitrogens with one attached hydrogen (secondary N) is 1. The topological polar surface area (TPSA) is 52.9 Å². The fraction of sp³-hybridized carbons (Fsp3) is 0.385. The Bertz CT molecular complexity index is 376.